The molecule has 2 N–H and O–H groups in total. The van der Waals surface area contributed by atoms with Crippen LogP contribution in [0.2, 0.25) is 0 Å². The number of rotatable bonds is 3. The Labute approximate surface area is 100 Å². The van der Waals surface area contributed by atoms with Crippen molar-refractivity contribution in [2.75, 3.05) is 0 Å². The lowest BCUT2D eigenvalue weighted by atomic mass is 9.92. The number of nitriles is 2. The van der Waals surface area contributed by atoms with Crippen molar-refractivity contribution in [2.45, 2.75) is 32.5 Å². The summed E-state index contributed by atoms with van der Waals surface area (Å²) in [6.07, 6.45) is -2.33. The van der Waals surface area contributed by atoms with Crippen LogP contribution in [-0.4, -0.2) is 16.3 Å². The first-order valence-electron chi connectivity index (χ1n) is 5.25. The van der Waals surface area contributed by atoms with Gasteiger partial charge >= 0.3 is 0 Å². The molecule has 0 aliphatic rings. The maximum absolute atomic E-state index is 9.96. The van der Waals surface area contributed by atoms with Crippen molar-refractivity contribution < 1.29 is 10.2 Å². The van der Waals surface area contributed by atoms with Crippen LogP contribution >= 0.6 is 0 Å². The van der Waals surface area contributed by atoms with Gasteiger partial charge in [0, 0.05) is 0 Å². The van der Waals surface area contributed by atoms with Crippen LogP contribution in [-0.2, 0) is 0 Å². The third kappa shape index (κ3) is 2.82. The molecule has 0 bridgehead atoms. The summed E-state index contributed by atoms with van der Waals surface area (Å²) in [6.45, 7) is 3.54. The van der Waals surface area contributed by atoms with E-state index >= 15 is 0 Å². The number of aliphatic hydroxyl groups is 2. The van der Waals surface area contributed by atoms with Crippen LogP contribution in [0, 0.1) is 36.5 Å². The molecule has 0 amide bonds. The zero-order valence-corrected chi connectivity index (χ0v) is 9.81. The first-order chi connectivity index (χ1) is 8.01. The predicted octanol–water partition coefficient (Wildman–Crippen LogP) is 1.48. The van der Waals surface area contributed by atoms with Crippen LogP contribution in [0.3, 0.4) is 0 Å². The van der Waals surface area contributed by atoms with Gasteiger partial charge in [-0.2, -0.15) is 10.5 Å². The average Bonchev–Trinajstić information content (AvgIpc) is 2.28. The van der Waals surface area contributed by atoms with E-state index in [4.69, 9.17) is 10.5 Å². The SMILES string of the molecule is Cc1cc(C#N)cc(C)c1C(O)C(O)CC#N. The lowest BCUT2D eigenvalue weighted by Gasteiger charge is -2.20. The fraction of sp³-hybridized carbons (Fsp3) is 0.385. The van der Waals surface area contributed by atoms with E-state index in [1.165, 1.54) is 0 Å². The van der Waals surface area contributed by atoms with Crippen LogP contribution in [0.1, 0.15) is 34.8 Å². The smallest absolute Gasteiger partial charge is 0.106 e. The van der Waals surface area contributed by atoms with Gasteiger partial charge in [0.2, 0.25) is 0 Å². The van der Waals surface area contributed by atoms with Gasteiger partial charge in [0.15, 0.2) is 0 Å². The van der Waals surface area contributed by atoms with Gasteiger partial charge in [-0.15, -0.1) is 0 Å². The van der Waals surface area contributed by atoms with Crippen molar-refractivity contribution in [3.8, 4) is 12.1 Å². The molecule has 0 aliphatic carbocycles. The molecular formula is C13H14N2O2. The fourth-order valence-electron chi connectivity index (χ4n) is 1.90. The highest BCUT2D eigenvalue weighted by Gasteiger charge is 2.21. The second kappa shape index (κ2) is 5.45. The zero-order valence-electron chi connectivity index (χ0n) is 9.81. The minimum atomic E-state index is -1.11. The van der Waals surface area contributed by atoms with Gasteiger partial charge < -0.3 is 10.2 Å². The number of hydrogen-bond acceptors (Lipinski definition) is 4. The molecule has 4 heteroatoms. The van der Waals surface area contributed by atoms with Crippen molar-refractivity contribution in [1.29, 1.82) is 10.5 Å². The summed E-state index contributed by atoms with van der Waals surface area (Å²) in [6, 6.07) is 7.16. The molecule has 1 rings (SSSR count). The van der Waals surface area contributed by atoms with E-state index in [0.29, 0.717) is 11.1 Å². The third-order valence-corrected chi connectivity index (χ3v) is 2.68. The summed E-state index contributed by atoms with van der Waals surface area (Å²) in [5.41, 5.74) is 2.59. The summed E-state index contributed by atoms with van der Waals surface area (Å²) < 4.78 is 0. The molecule has 1 aromatic carbocycles. The zero-order chi connectivity index (χ0) is 13.0. The van der Waals surface area contributed by atoms with Gasteiger partial charge in [-0.25, -0.2) is 0 Å². The van der Waals surface area contributed by atoms with Gasteiger partial charge in [0.25, 0.3) is 0 Å². The standard InChI is InChI=1S/C13H14N2O2/c1-8-5-10(7-15)6-9(2)12(8)13(17)11(16)3-4-14/h5-6,11,13,16-17H,3H2,1-2H3. The molecule has 17 heavy (non-hydrogen) atoms. The van der Waals surface area contributed by atoms with Gasteiger partial charge in [-0.3, -0.25) is 0 Å². The fourth-order valence-corrected chi connectivity index (χ4v) is 1.90. The number of benzene rings is 1. The summed E-state index contributed by atoms with van der Waals surface area (Å²) in [5.74, 6) is 0. The van der Waals surface area contributed by atoms with Crippen LogP contribution < -0.4 is 0 Å². The second-order valence-electron chi connectivity index (χ2n) is 4.01. The van der Waals surface area contributed by atoms with Crippen LogP contribution in [0.15, 0.2) is 12.1 Å². The number of aliphatic hydroxyl groups excluding tert-OH is 2. The van der Waals surface area contributed by atoms with Crippen molar-refractivity contribution in [1.82, 2.24) is 0 Å². The van der Waals surface area contributed by atoms with Gasteiger partial charge in [0.05, 0.1) is 30.2 Å². The van der Waals surface area contributed by atoms with E-state index in [1.54, 1.807) is 26.0 Å². The topological polar surface area (TPSA) is 88.0 Å². The Balaban J connectivity index is 3.16. The monoisotopic (exact) mass is 230 g/mol. The molecule has 2 unspecified atom stereocenters. The summed E-state index contributed by atoms with van der Waals surface area (Å²) in [4.78, 5) is 0. The van der Waals surface area contributed by atoms with Crippen molar-refractivity contribution in [2.24, 2.45) is 0 Å². The number of nitrogens with zero attached hydrogens (tertiary/aromatic N) is 2. The maximum Gasteiger partial charge on any atom is 0.106 e. The molecular weight excluding hydrogens is 216 g/mol. The lowest BCUT2D eigenvalue weighted by molar-refractivity contribution is 0.0209. The number of aryl methyl sites for hydroxylation is 2. The molecule has 0 spiro atoms. The largest absolute Gasteiger partial charge is 0.389 e. The van der Waals surface area contributed by atoms with Crippen LogP contribution in [0.4, 0.5) is 0 Å². The Kier molecular flexibility index (Phi) is 4.23. The van der Waals surface area contributed by atoms with E-state index < -0.39 is 12.2 Å². The number of hydrogen-bond donors (Lipinski definition) is 2. The first kappa shape index (κ1) is 13.2. The van der Waals surface area contributed by atoms with E-state index in [1.807, 2.05) is 12.1 Å². The molecule has 0 saturated heterocycles. The molecule has 0 heterocycles. The van der Waals surface area contributed by atoms with Crippen molar-refractivity contribution in [3.63, 3.8) is 0 Å². The van der Waals surface area contributed by atoms with E-state index in [-0.39, 0.29) is 6.42 Å². The molecule has 4 nitrogen and oxygen atoms in total. The minimum Gasteiger partial charge on any atom is -0.389 e. The molecule has 0 fully saturated rings. The Morgan fingerprint density at radius 2 is 1.71 bits per heavy atom. The van der Waals surface area contributed by atoms with E-state index in [2.05, 4.69) is 0 Å². The second-order valence-corrected chi connectivity index (χ2v) is 4.01. The highest BCUT2D eigenvalue weighted by molar-refractivity contribution is 5.44. The van der Waals surface area contributed by atoms with E-state index in [0.717, 1.165) is 11.1 Å². The van der Waals surface area contributed by atoms with Crippen LogP contribution in [0.5, 0.6) is 0 Å². The van der Waals surface area contributed by atoms with Crippen molar-refractivity contribution in [3.05, 3.63) is 34.4 Å². The highest BCUT2D eigenvalue weighted by atomic mass is 16.3. The van der Waals surface area contributed by atoms with Crippen molar-refractivity contribution >= 4 is 0 Å². The average molecular weight is 230 g/mol. The Morgan fingerprint density at radius 1 is 1.18 bits per heavy atom. The molecule has 1 aromatic rings. The molecule has 0 aromatic heterocycles. The molecule has 0 aliphatic heterocycles. The van der Waals surface area contributed by atoms with Gasteiger partial charge in [-0.05, 0) is 42.7 Å². The summed E-state index contributed by atoms with van der Waals surface area (Å²) in [7, 11) is 0. The summed E-state index contributed by atoms with van der Waals surface area (Å²) >= 11 is 0. The molecule has 2 atom stereocenters. The quantitative estimate of drug-likeness (QED) is 0.823. The molecule has 0 radical (unpaired) electrons. The lowest BCUT2D eigenvalue weighted by Crippen LogP contribution is -2.19. The Morgan fingerprint density at radius 3 is 2.12 bits per heavy atom. The highest BCUT2D eigenvalue weighted by Crippen LogP contribution is 2.26. The normalized spacial score (nSPS) is 13.5. The van der Waals surface area contributed by atoms with E-state index in [9.17, 15) is 10.2 Å². The summed E-state index contributed by atoms with van der Waals surface area (Å²) in [5, 5.41) is 36.9. The van der Waals surface area contributed by atoms with Gasteiger partial charge in [-0.1, -0.05) is 0 Å². The molecule has 88 valence electrons. The van der Waals surface area contributed by atoms with Crippen LogP contribution in [0.25, 0.3) is 0 Å². The molecule has 0 saturated carbocycles. The maximum atomic E-state index is 9.96. The first-order valence-corrected chi connectivity index (χ1v) is 5.25. The Hall–Kier alpha value is -1.88. The Bertz CT molecular complexity index is 474. The third-order valence-electron chi connectivity index (χ3n) is 2.68. The minimum absolute atomic E-state index is 0.125. The van der Waals surface area contributed by atoms with Gasteiger partial charge in [0.1, 0.15) is 6.10 Å². The predicted molar refractivity (Wildman–Crippen MR) is 61.8 cm³/mol.